The maximum Gasteiger partial charge on any atom is 0.160 e. The van der Waals surface area contributed by atoms with Crippen molar-refractivity contribution in [1.29, 1.82) is 0 Å². The second-order valence-electron chi connectivity index (χ2n) is 15.3. The molecule has 0 N–H and O–H groups in total. The number of nitrogens with zero attached hydrogens (tertiary/aromatic N) is 2. The third kappa shape index (κ3) is 4.70. The van der Waals surface area contributed by atoms with Crippen molar-refractivity contribution < 1.29 is 0 Å². The van der Waals surface area contributed by atoms with E-state index in [-0.39, 0.29) is 5.41 Å². The average molecular weight is 721 g/mol. The lowest BCUT2D eigenvalue weighted by Crippen LogP contribution is -2.43. The summed E-state index contributed by atoms with van der Waals surface area (Å²) in [5.41, 5.74) is 12.4. The van der Waals surface area contributed by atoms with Crippen LogP contribution in [0, 0.1) is 0 Å². The number of aromatic nitrogens is 2. The largest absolute Gasteiger partial charge is 0.228 e. The molecule has 2 aliphatic rings. The van der Waals surface area contributed by atoms with E-state index in [1.807, 2.05) is 17.8 Å². The first-order valence-electron chi connectivity index (χ1n) is 19.0. The molecule has 260 valence electrons. The molecular formula is C52H36N2S. The Labute approximate surface area is 325 Å². The Balaban J connectivity index is 1.18. The maximum atomic E-state index is 5.39. The van der Waals surface area contributed by atoms with Crippen LogP contribution in [0.25, 0.3) is 55.4 Å². The maximum absolute atomic E-state index is 5.39. The first-order valence-corrected chi connectivity index (χ1v) is 19.8. The molecular weight excluding hydrogens is 685 g/mol. The van der Waals surface area contributed by atoms with Crippen LogP contribution >= 0.6 is 11.8 Å². The van der Waals surface area contributed by atoms with E-state index in [2.05, 4.69) is 190 Å². The van der Waals surface area contributed by atoms with Gasteiger partial charge in [-0.25, -0.2) is 9.97 Å². The molecule has 0 radical (unpaired) electrons. The summed E-state index contributed by atoms with van der Waals surface area (Å²) in [6, 6.07) is 66.5. The molecule has 0 saturated carbocycles. The minimum Gasteiger partial charge on any atom is -0.228 e. The average Bonchev–Trinajstić information content (AvgIpc) is 3.25. The highest BCUT2D eigenvalue weighted by Gasteiger charge is 2.52. The second kappa shape index (κ2) is 12.1. The third-order valence-electron chi connectivity index (χ3n) is 12.0. The van der Waals surface area contributed by atoms with E-state index in [9.17, 15) is 0 Å². The van der Waals surface area contributed by atoms with Crippen molar-refractivity contribution in [3.8, 4) is 33.9 Å². The first-order chi connectivity index (χ1) is 27.0. The van der Waals surface area contributed by atoms with Crippen LogP contribution in [0.2, 0.25) is 0 Å². The summed E-state index contributed by atoms with van der Waals surface area (Å²) in [6.07, 6.45) is 0. The van der Waals surface area contributed by atoms with Crippen LogP contribution in [0.15, 0.2) is 192 Å². The molecule has 2 nitrogen and oxygen atoms in total. The fraction of sp³-hybridized carbons (Fsp3) is 0.0769. The van der Waals surface area contributed by atoms with Gasteiger partial charge in [0.2, 0.25) is 0 Å². The Kier molecular flexibility index (Phi) is 7.08. The summed E-state index contributed by atoms with van der Waals surface area (Å²) in [7, 11) is 0. The van der Waals surface area contributed by atoms with Crippen molar-refractivity contribution in [1.82, 2.24) is 9.97 Å². The summed E-state index contributed by atoms with van der Waals surface area (Å²) in [4.78, 5) is 13.1. The van der Waals surface area contributed by atoms with Gasteiger partial charge in [-0.15, -0.1) is 0 Å². The van der Waals surface area contributed by atoms with Crippen molar-refractivity contribution in [3.63, 3.8) is 0 Å². The van der Waals surface area contributed by atoms with E-state index < -0.39 is 5.41 Å². The van der Waals surface area contributed by atoms with Gasteiger partial charge in [-0.3, -0.25) is 0 Å². The molecule has 55 heavy (non-hydrogen) atoms. The normalized spacial score (nSPS) is 14.6. The lowest BCUT2D eigenvalue weighted by atomic mass is 9.54. The van der Waals surface area contributed by atoms with Gasteiger partial charge < -0.3 is 0 Å². The van der Waals surface area contributed by atoms with Crippen molar-refractivity contribution in [2.24, 2.45) is 0 Å². The Morgan fingerprint density at radius 3 is 1.80 bits per heavy atom. The van der Waals surface area contributed by atoms with E-state index in [1.165, 1.54) is 64.7 Å². The number of hydrogen-bond acceptors (Lipinski definition) is 3. The first kappa shape index (κ1) is 32.2. The van der Waals surface area contributed by atoms with Crippen LogP contribution in [-0.2, 0) is 10.8 Å². The summed E-state index contributed by atoms with van der Waals surface area (Å²) in [5, 5.41) is 4.95. The van der Waals surface area contributed by atoms with Gasteiger partial charge in [0.05, 0.1) is 16.8 Å². The number of rotatable bonds is 3. The molecule has 9 aromatic rings. The molecule has 0 amide bonds. The minimum atomic E-state index is -0.505. The summed E-state index contributed by atoms with van der Waals surface area (Å²) < 4.78 is 0. The molecule has 1 aromatic heterocycles. The highest BCUT2D eigenvalue weighted by atomic mass is 32.2. The molecule has 2 heterocycles. The van der Waals surface area contributed by atoms with Gasteiger partial charge in [-0.2, -0.15) is 0 Å². The lowest BCUT2D eigenvalue weighted by molar-refractivity contribution is 0.549. The second-order valence-corrected chi connectivity index (χ2v) is 16.3. The van der Waals surface area contributed by atoms with Gasteiger partial charge >= 0.3 is 0 Å². The molecule has 0 fully saturated rings. The van der Waals surface area contributed by atoms with E-state index in [1.54, 1.807) is 0 Å². The quantitative estimate of drug-likeness (QED) is 0.170. The summed E-state index contributed by atoms with van der Waals surface area (Å²) in [6.45, 7) is 4.75. The number of fused-ring (bicyclic) bond motifs is 11. The Morgan fingerprint density at radius 1 is 0.418 bits per heavy atom. The smallest absolute Gasteiger partial charge is 0.160 e. The van der Waals surface area contributed by atoms with Crippen molar-refractivity contribution in [2.45, 2.75) is 34.5 Å². The third-order valence-corrected chi connectivity index (χ3v) is 13.2. The van der Waals surface area contributed by atoms with Crippen LogP contribution in [0.5, 0.6) is 0 Å². The Hall–Kier alpha value is -6.29. The van der Waals surface area contributed by atoms with Gasteiger partial charge in [0.25, 0.3) is 0 Å². The highest BCUT2D eigenvalue weighted by molar-refractivity contribution is 7.99. The van der Waals surface area contributed by atoms with Crippen molar-refractivity contribution >= 4 is 33.3 Å². The predicted molar refractivity (Wildman–Crippen MR) is 228 cm³/mol. The van der Waals surface area contributed by atoms with E-state index in [4.69, 9.17) is 9.97 Å². The Bertz CT molecular complexity index is 2950. The van der Waals surface area contributed by atoms with Crippen LogP contribution in [-0.4, -0.2) is 9.97 Å². The Morgan fingerprint density at radius 2 is 1.02 bits per heavy atom. The molecule has 11 rings (SSSR count). The van der Waals surface area contributed by atoms with Crippen LogP contribution in [0.4, 0.5) is 0 Å². The molecule has 0 bridgehead atoms. The van der Waals surface area contributed by atoms with Crippen LogP contribution < -0.4 is 0 Å². The molecule has 3 heteroatoms. The molecule has 1 spiro atoms. The van der Waals surface area contributed by atoms with E-state index in [0.29, 0.717) is 0 Å². The minimum absolute atomic E-state index is 0.159. The predicted octanol–water partition coefficient (Wildman–Crippen LogP) is 13.3. The fourth-order valence-corrected chi connectivity index (χ4v) is 10.8. The fourth-order valence-electron chi connectivity index (χ4n) is 9.47. The van der Waals surface area contributed by atoms with Crippen molar-refractivity contribution in [3.05, 3.63) is 215 Å². The van der Waals surface area contributed by atoms with Gasteiger partial charge in [0.1, 0.15) is 0 Å². The number of benzene rings is 8. The molecule has 0 unspecified atom stereocenters. The van der Waals surface area contributed by atoms with Crippen LogP contribution in [0.1, 0.15) is 47.2 Å². The monoisotopic (exact) mass is 720 g/mol. The highest BCUT2D eigenvalue weighted by Crippen LogP contribution is 2.62. The zero-order chi connectivity index (χ0) is 36.7. The van der Waals surface area contributed by atoms with Gasteiger partial charge in [0, 0.05) is 31.9 Å². The van der Waals surface area contributed by atoms with E-state index in [0.717, 1.165) is 33.9 Å². The van der Waals surface area contributed by atoms with Crippen LogP contribution in [0.3, 0.4) is 0 Å². The molecule has 0 atom stereocenters. The molecule has 8 aromatic carbocycles. The standard InChI is InChI=1S/C52H36N2S/c1-51(2)40-20-8-10-22-42(40)52(43-23-11-9-21-41(43)51)44-24-12-13-26-48(44)55-49-39(19-14-25-45(49)52)47-32-46(53-50(54-47)34-16-4-3-5-17-34)36-29-30-38-35(31-36)28-27-33-15-6-7-18-37(33)38/h3-32H,1-2H3. The number of hydrogen-bond donors (Lipinski definition) is 0. The van der Waals surface area contributed by atoms with Gasteiger partial charge in [0.15, 0.2) is 5.82 Å². The topological polar surface area (TPSA) is 25.8 Å². The summed E-state index contributed by atoms with van der Waals surface area (Å²) >= 11 is 1.87. The van der Waals surface area contributed by atoms with Crippen molar-refractivity contribution in [2.75, 3.05) is 0 Å². The van der Waals surface area contributed by atoms with Gasteiger partial charge in [-0.05, 0) is 73.1 Å². The molecule has 0 saturated heterocycles. The van der Waals surface area contributed by atoms with E-state index >= 15 is 0 Å². The van der Waals surface area contributed by atoms with Gasteiger partial charge in [-0.1, -0.05) is 189 Å². The lowest BCUT2D eigenvalue weighted by Gasteiger charge is -2.50. The SMILES string of the molecule is CC1(C)c2ccccc2C2(c3ccccc3Sc3c(-c4cc(-c5ccc6c(ccc7ccccc76)c5)nc(-c5ccccc5)n4)cccc32)c2ccccc21. The summed E-state index contributed by atoms with van der Waals surface area (Å²) in [5.74, 6) is 0.718. The molecule has 1 aliphatic heterocycles. The molecule has 1 aliphatic carbocycles. The zero-order valence-electron chi connectivity index (χ0n) is 30.6. The zero-order valence-corrected chi connectivity index (χ0v) is 31.4.